The summed E-state index contributed by atoms with van der Waals surface area (Å²) in [5, 5.41) is 2.67. The number of amides is 3. The van der Waals surface area contributed by atoms with E-state index < -0.39 is 28.7 Å². The van der Waals surface area contributed by atoms with Crippen LogP contribution in [0.3, 0.4) is 0 Å². The minimum atomic E-state index is -4.77. The molecule has 0 bridgehead atoms. The Balaban J connectivity index is 1.83. The molecule has 0 aliphatic carbocycles. The van der Waals surface area contributed by atoms with Crippen molar-refractivity contribution in [2.45, 2.75) is 6.18 Å². The Morgan fingerprint density at radius 3 is 2.37 bits per heavy atom. The molecule has 3 amide bonds. The van der Waals surface area contributed by atoms with Gasteiger partial charge in [-0.25, -0.2) is 14.8 Å². The van der Waals surface area contributed by atoms with E-state index in [2.05, 4.69) is 20.3 Å². The van der Waals surface area contributed by atoms with E-state index >= 15 is 0 Å². The molecule has 2 heterocycles. The van der Waals surface area contributed by atoms with Crippen LogP contribution in [0.1, 0.15) is 16.1 Å². The number of nitrogens with zero attached hydrogens (tertiary/aromatic N) is 5. The van der Waals surface area contributed by atoms with E-state index in [1.54, 1.807) is 18.2 Å². The van der Waals surface area contributed by atoms with Crippen LogP contribution in [0, 0.1) is 0 Å². The number of benzene rings is 2. The molecule has 0 aliphatic rings. The van der Waals surface area contributed by atoms with Gasteiger partial charge in [0.05, 0.1) is 22.0 Å². The van der Waals surface area contributed by atoms with Crippen LogP contribution in [0.5, 0.6) is 5.75 Å². The van der Waals surface area contributed by atoms with E-state index in [9.17, 15) is 22.8 Å². The van der Waals surface area contributed by atoms with Gasteiger partial charge in [0, 0.05) is 37.6 Å². The largest absolute Gasteiger partial charge is 0.417 e. The quantitative estimate of drug-likeness (QED) is 0.315. The molecule has 13 heteroatoms. The Labute approximate surface area is 219 Å². The van der Waals surface area contributed by atoms with Crippen molar-refractivity contribution in [3.63, 3.8) is 0 Å². The third-order valence-corrected chi connectivity index (χ3v) is 5.38. The third kappa shape index (κ3) is 5.81. The first-order valence-electron chi connectivity index (χ1n) is 10.9. The van der Waals surface area contributed by atoms with Gasteiger partial charge in [-0.1, -0.05) is 29.8 Å². The van der Waals surface area contributed by atoms with Gasteiger partial charge in [-0.15, -0.1) is 5.06 Å². The Morgan fingerprint density at radius 2 is 1.71 bits per heavy atom. The van der Waals surface area contributed by atoms with Gasteiger partial charge in [-0.05, 0) is 30.3 Å². The SMILES string of the molecule is CNC(=O)c1cc(ON(C(=O)N(c2ccccc2)c2ccc(Cl)c(C(F)(F)F)c2)c2ccncn2)ccn1. The molecule has 0 saturated heterocycles. The first-order valence-corrected chi connectivity index (χ1v) is 11.2. The minimum absolute atomic E-state index is 0.00697. The summed E-state index contributed by atoms with van der Waals surface area (Å²) in [6, 6.07) is 14.2. The van der Waals surface area contributed by atoms with Crippen molar-refractivity contribution in [2.75, 3.05) is 17.0 Å². The van der Waals surface area contributed by atoms with Crippen LogP contribution < -0.4 is 20.1 Å². The van der Waals surface area contributed by atoms with Crippen LogP contribution in [0.15, 0.2) is 85.5 Å². The number of aromatic nitrogens is 3. The summed E-state index contributed by atoms with van der Waals surface area (Å²) in [5.41, 5.74) is -1.02. The Bertz CT molecular complexity index is 1440. The number of pyridine rings is 1. The van der Waals surface area contributed by atoms with Crippen molar-refractivity contribution in [2.24, 2.45) is 0 Å². The van der Waals surface area contributed by atoms with Gasteiger partial charge in [0.25, 0.3) is 5.91 Å². The van der Waals surface area contributed by atoms with Crippen molar-refractivity contribution >= 4 is 40.7 Å². The first kappa shape index (κ1) is 26.4. The van der Waals surface area contributed by atoms with Crippen molar-refractivity contribution in [3.8, 4) is 5.75 Å². The Hall–Kier alpha value is -4.71. The number of carbonyl (C=O) groups is 2. The maximum absolute atomic E-state index is 14.0. The van der Waals surface area contributed by atoms with E-state index in [0.29, 0.717) is 0 Å². The summed E-state index contributed by atoms with van der Waals surface area (Å²) in [5.74, 6) is -0.498. The fourth-order valence-corrected chi connectivity index (χ4v) is 3.55. The maximum Gasteiger partial charge on any atom is 0.417 e. The fraction of sp³-hybridized carbons (Fsp3) is 0.0800. The summed E-state index contributed by atoms with van der Waals surface area (Å²) in [6.45, 7) is 0. The molecule has 194 valence electrons. The number of para-hydroxylation sites is 1. The monoisotopic (exact) mass is 542 g/mol. The number of nitrogens with one attached hydrogen (secondary N) is 1. The molecule has 0 spiro atoms. The standard InChI is InChI=1S/C25H18ClF3N6O3/c1-30-23(36)21-14-18(9-12-32-21)38-35(22-10-11-31-15-33-22)24(37)34(16-5-3-2-4-6-16)17-7-8-20(26)19(13-17)25(27,28)29/h2-15H,1H3,(H,30,36). The number of hydroxylamine groups is 1. The lowest BCUT2D eigenvalue weighted by molar-refractivity contribution is -0.137. The molecular weight excluding hydrogens is 525 g/mol. The molecule has 4 aromatic rings. The summed E-state index contributed by atoms with van der Waals surface area (Å²) in [4.78, 5) is 44.7. The van der Waals surface area contributed by atoms with Crippen LogP contribution in [0.25, 0.3) is 0 Å². The van der Waals surface area contributed by atoms with Crippen molar-refractivity contribution in [1.82, 2.24) is 20.3 Å². The summed E-state index contributed by atoms with van der Waals surface area (Å²) >= 11 is 5.82. The van der Waals surface area contributed by atoms with Crippen LogP contribution in [0.2, 0.25) is 5.02 Å². The topological polar surface area (TPSA) is 101 Å². The zero-order chi connectivity index (χ0) is 27.3. The normalized spacial score (nSPS) is 11.0. The van der Waals surface area contributed by atoms with Gasteiger partial charge >= 0.3 is 12.2 Å². The second kappa shape index (κ2) is 11.1. The molecule has 38 heavy (non-hydrogen) atoms. The maximum atomic E-state index is 14.0. The molecule has 2 aromatic carbocycles. The minimum Gasteiger partial charge on any atom is -0.369 e. The number of carbonyl (C=O) groups excluding carboxylic acids is 2. The van der Waals surface area contributed by atoms with Crippen molar-refractivity contribution in [3.05, 3.63) is 102 Å². The number of urea groups is 1. The molecule has 2 aromatic heterocycles. The second-order valence-electron chi connectivity index (χ2n) is 7.52. The van der Waals surface area contributed by atoms with Gasteiger partial charge in [0.1, 0.15) is 12.0 Å². The fourth-order valence-electron chi connectivity index (χ4n) is 3.32. The van der Waals surface area contributed by atoms with Crippen LogP contribution in [-0.2, 0) is 6.18 Å². The molecule has 0 saturated carbocycles. The van der Waals surface area contributed by atoms with E-state index in [4.69, 9.17) is 16.4 Å². The lowest BCUT2D eigenvalue weighted by Gasteiger charge is -2.30. The average Bonchev–Trinajstić information content (AvgIpc) is 2.93. The zero-order valence-electron chi connectivity index (χ0n) is 19.6. The van der Waals surface area contributed by atoms with Gasteiger partial charge < -0.3 is 10.2 Å². The molecule has 0 aliphatic heterocycles. The Morgan fingerprint density at radius 1 is 0.947 bits per heavy atom. The van der Waals surface area contributed by atoms with E-state index in [1.807, 2.05) is 0 Å². The van der Waals surface area contributed by atoms with Crippen LogP contribution in [0.4, 0.5) is 35.2 Å². The summed E-state index contributed by atoms with van der Waals surface area (Å²) in [6.07, 6.45) is -0.954. The highest BCUT2D eigenvalue weighted by atomic mass is 35.5. The van der Waals surface area contributed by atoms with E-state index in [0.717, 1.165) is 22.1 Å². The lowest BCUT2D eigenvalue weighted by Crippen LogP contribution is -2.44. The summed E-state index contributed by atoms with van der Waals surface area (Å²) in [7, 11) is 1.42. The predicted molar refractivity (Wildman–Crippen MR) is 133 cm³/mol. The second-order valence-corrected chi connectivity index (χ2v) is 7.93. The van der Waals surface area contributed by atoms with Crippen molar-refractivity contribution in [1.29, 1.82) is 0 Å². The van der Waals surface area contributed by atoms with Crippen LogP contribution in [-0.4, -0.2) is 33.9 Å². The van der Waals surface area contributed by atoms with Crippen LogP contribution >= 0.6 is 11.6 Å². The van der Waals surface area contributed by atoms with Gasteiger partial charge in [0.2, 0.25) is 0 Å². The highest BCUT2D eigenvalue weighted by Gasteiger charge is 2.35. The number of rotatable bonds is 6. The predicted octanol–water partition coefficient (Wildman–Crippen LogP) is 5.66. The molecule has 0 atom stereocenters. The van der Waals surface area contributed by atoms with E-state index in [1.165, 1.54) is 62.2 Å². The number of alkyl halides is 3. The molecule has 4 rings (SSSR count). The van der Waals surface area contributed by atoms with Gasteiger partial charge in [-0.3, -0.25) is 14.7 Å². The number of halogens is 4. The smallest absolute Gasteiger partial charge is 0.369 e. The molecule has 0 fully saturated rings. The Kier molecular flexibility index (Phi) is 7.72. The van der Waals surface area contributed by atoms with E-state index in [-0.39, 0.29) is 28.6 Å². The number of anilines is 3. The van der Waals surface area contributed by atoms with Gasteiger partial charge in [0.15, 0.2) is 11.6 Å². The number of hydrogen-bond acceptors (Lipinski definition) is 6. The highest BCUT2D eigenvalue weighted by Crippen LogP contribution is 2.39. The zero-order valence-corrected chi connectivity index (χ0v) is 20.3. The molecule has 0 unspecified atom stereocenters. The molecule has 9 nitrogen and oxygen atoms in total. The average molecular weight is 543 g/mol. The van der Waals surface area contributed by atoms with Crippen molar-refractivity contribution < 1.29 is 27.6 Å². The summed E-state index contributed by atoms with van der Waals surface area (Å²) < 4.78 is 41.0. The molecule has 1 N–H and O–H groups in total. The van der Waals surface area contributed by atoms with Gasteiger partial charge in [-0.2, -0.15) is 13.2 Å². The molecule has 0 radical (unpaired) electrons. The molecular formula is C25H18ClF3N6O3. The first-order chi connectivity index (χ1) is 18.2. The lowest BCUT2D eigenvalue weighted by atomic mass is 10.1. The third-order valence-electron chi connectivity index (χ3n) is 5.06. The highest BCUT2D eigenvalue weighted by molar-refractivity contribution is 6.31. The number of hydrogen-bond donors (Lipinski definition) is 1.